The summed E-state index contributed by atoms with van der Waals surface area (Å²) in [6.45, 7) is -3.15. The number of ether oxygens (including phenoxy) is 2. The second kappa shape index (κ2) is 5.19. The van der Waals surface area contributed by atoms with E-state index < -0.39 is 28.7 Å². The van der Waals surface area contributed by atoms with E-state index in [0.29, 0.717) is 0 Å². The molecule has 8 heteroatoms. The van der Waals surface area contributed by atoms with Gasteiger partial charge < -0.3 is 9.47 Å². The number of hydrogen-bond donors (Lipinski definition) is 0. The van der Waals surface area contributed by atoms with E-state index >= 15 is 0 Å². The molecule has 0 aliphatic heterocycles. The largest absolute Gasteiger partial charge is 0.488 e. The third-order valence-corrected chi connectivity index (χ3v) is 1.86. The second-order valence-corrected chi connectivity index (χ2v) is 2.79. The molecule has 0 saturated heterocycles. The van der Waals surface area contributed by atoms with Crippen molar-refractivity contribution in [2.45, 2.75) is 6.61 Å². The standard InChI is InChI=1S/C9H7F2NO5/c1-16-8-6(17-9(10)11)3-2-5(4-13)7(8)12(14)15/h2-4,9H,1H3. The topological polar surface area (TPSA) is 78.7 Å². The molecule has 0 N–H and O–H groups in total. The molecular formula is C9H7F2NO5. The molecule has 0 aliphatic rings. The van der Waals surface area contributed by atoms with E-state index in [1.165, 1.54) is 0 Å². The Hall–Kier alpha value is -2.25. The van der Waals surface area contributed by atoms with Crippen LogP contribution in [0.25, 0.3) is 0 Å². The summed E-state index contributed by atoms with van der Waals surface area (Å²) < 4.78 is 32.7. The van der Waals surface area contributed by atoms with Gasteiger partial charge in [0.25, 0.3) is 0 Å². The number of benzene rings is 1. The zero-order chi connectivity index (χ0) is 13.0. The maximum absolute atomic E-state index is 12.0. The third-order valence-electron chi connectivity index (χ3n) is 1.86. The molecule has 0 aliphatic carbocycles. The number of rotatable bonds is 5. The van der Waals surface area contributed by atoms with Crippen LogP contribution in [0.2, 0.25) is 0 Å². The molecular weight excluding hydrogens is 240 g/mol. The normalized spacial score (nSPS) is 10.1. The molecule has 6 nitrogen and oxygen atoms in total. The van der Waals surface area contributed by atoms with Crippen molar-refractivity contribution >= 4 is 12.0 Å². The maximum atomic E-state index is 12.0. The smallest absolute Gasteiger partial charge is 0.387 e. The zero-order valence-electron chi connectivity index (χ0n) is 8.55. The van der Waals surface area contributed by atoms with Crippen LogP contribution >= 0.6 is 0 Å². The molecule has 0 saturated carbocycles. The molecule has 1 rings (SSSR count). The third kappa shape index (κ3) is 2.65. The van der Waals surface area contributed by atoms with E-state index in [9.17, 15) is 23.7 Å². The first kappa shape index (κ1) is 12.8. The van der Waals surface area contributed by atoms with E-state index in [1.807, 2.05) is 0 Å². The van der Waals surface area contributed by atoms with Crippen molar-refractivity contribution in [3.8, 4) is 11.5 Å². The van der Waals surface area contributed by atoms with Gasteiger partial charge in [-0.15, -0.1) is 0 Å². The van der Waals surface area contributed by atoms with Gasteiger partial charge in [0.05, 0.1) is 17.6 Å². The molecule has 1 aromatic carbocycles. The van der Waals surface area contributed by atoms with Crippen molar-refractivity contribution < 1.29 is 28.0 Å². The van der Waals surface area contributed by atoms with Gasteiger partial charge >= 0.3 is 12.3 Å². The van der Waals surface area contributed by atoms with Crippen molar-refractivity contribution in [1.82, 2.24) is 0 Å². The van der Waals surface area contributed by atoms with E-state index in [1.54, 1.807) is 0 Å². The molecule has 0 bridgehead atoms. The van der Waals surface area contributed by atoms with Gasteiger partial charge in [0.15, 0.2) is 12.0 Å². The first-order chi connectivity index (χ1) is 8.01. The summed E-state index contributed by atoms with van der Waals surface area (Å²) in [5.74, 6) is -1.01. The van der Waals surface area contributed by atoms with Gasteiger partial charge in [-0.3, -0.25) is 14.9 Å². The van der Waals surface area contributed by atoms with Crippen LogP contribution in [-0.4, -0.2) is 24.9 Å². The van der Waals surface area contributed by atoms with Crippen LogP contribution in [0.3, 0.4) is 0 Å². The maximum Gasteiger partial charge on any atom is 0.387 e. The highest BCUT2D eigenvalue weighted by atomic mass is 19.3. The summed E-state index contributed by atoms with van der Waals surface area (Å²) in [6.07, 6.45) is 0.229. The summed E-state index contributed by atoms with van der Waals surface area (Å²) in [5, 5.41) is 10.7. The van der Waals surface area contributed by atoms with Crippen LogP contribution in [-0.2, 0) is 0 Å². The van der Waals surface area contributed by atoms with Gasteiger partial charge in [-0.25, -0.2) is 0 Å². The lowest BCUT2D eigenvalue weighted by molar-refractivity contribution is -0.386. The molecule has 0 unspecified atom stereocenters. The Morgan fingerprint density at radius 3 is 2.53 bits per heavy atom. The predicted octanol–water partition coefficient (Wildman–Crippen LogP) is 2.02. The Bertz CT molecular complexity index is 449. The monoisotopic (exact) mass is 247 g/mol. The minimum atomic E-state index is -3.15. The highest BCUT2D eigenvalue weighted by Gasteiger charge is 2.26. The Balaban J connectivity index is 3.40. The molecule has 0 aromatic heterocycles. The van der Waals surface area contributed by atoms with Gasteiger partial charge in [0, 0.05) is 0 Å². The molecule has 0 heterocycles. The number of halogens is 2. The molecule has 0 fully saturated rings. The van der Waals surface area contributed by atoms with Crippen LogP contribution in [0.4, 0.5) is 14.5 Å². The average Bonchev–Trinajstić information content (AvgIpc) is 2.27. The summed E-state index contributed by atoms with van der Waals surface area (Å²) >= 11 is 0. The van der Waals surface area contributed by atoms with Crippen LogP contribution in [0.15, 0.2) is 12.1 Å². The quantitative estimate of drug-likeness (QED) is 0.451. The van der Waals surface area contributed by atoms with Crippen LogP contribution in [0, 0.1) is 10.1 Å². The van der Waals surface area contributed by atoms with Gasteiger partial charge in [-0.2, -0.15) is 8.78 Å². The van der Waals surface area contributed by atoms with E-state index in [0.717, 1.165) is 19.2 Å². The Labute approximate surface area is 93.9 Å². The summed E-state index contributed by atoms with van der Waals surface area (Å²) in [6, 6.07) is 2.01. The minimum absolute atomic E-state index is 0.229. The highest BCUT2D eigenvalue weighted by molar-refractivity contribution is 5.85. The first-order valence-electron chi connectivity index (χ1n) is 4.26. The number of aldehydes is 1. The number of hydrogen-bond acceptors (Lipinski definition) is 5. The fourth-order valence-electron chi connectivity index (χ4n) is 1.24. The fourth-order valence-corrected chi connectivity index (χ4v) is 1.24. The number of carbonyl (C=O) groups is 1. The predicted molar refractivity (Wildman–Crippen MR) is 51.7 cm³/mol. The number of carbonyl (C=O) groups excluding carboxylic acids is 1. The Morgan fingerprint density at radius 2 is 2.12 bits per heavy atom. The van der Waals surface area contributed by atoms with E-state index in [2.05, 4.69) is 9.47 Å². The SMILES string of the molecule is COc1c(OC(F)F)ccc(C=O)c1[N+](=O)[O-]. The van der Waals surface area contributed by atoms with Gasteiger partial charge in [-0.1, -0.05) is 0 Å². The lowest BCUT2D eigenvalue weighted by Gasteiger charge is -2.10. The molecule has 0 amide bonds. The summed E-state index contributed by atoms with van der Waals surface area (Å²) in [5.41, 5.74) is -0.992. The number of alkyl halides is 2. The van der Waals surface area contributed by atoms with Crippen molar-refractivity contribution in [1.29, 1.82) is 0 Å². The molecule has 92 valence electrons. The molecule has 1 aromatic rings. The summed E-state index contributed by atoms with van der Waals surface area (Å²) in [4.78, 5) is 20.4. The highest BCUT2D eigenvalue weighted by Crippen LogP contribution is 2.39. The Morgan fingerprint density at radius 1 is 1.47 bits per heavy atom. The van der Waals surface area contributed by atoms with E-state index in [4.69, 9.17) is 0 Å². The molecule has 17 heavy (non-hydrogen) atoms. The fraction of sp³-hybridized carbons (Fsp3) is 0.222. The van der Waals surface area contributed by atoms with Crippen molar-refractivity contribution in [3.63, 3.8) is 0 Å². The number of nitro benzene ring substituents is 1. The van der Waals surface area contributed by atoms with Gasteiger partial charge in [-0.05, 0) is 12.1 Å². The number of methoxy groups -OCH3 is 1. The lowest BCUT2D eigenvalue weighted by atomic mass is 10.1. The van der Waals surface area contributed by atoms with Crippen LogP contribution in [0.1, 0.15) is 10.4 Å². The van der Waals surface area contributed by atoms with Crippen molar-refractivity contribution in [3.05, 3.63) is 27.8 Å². The Kier molecular flexibility index (Phi) is 3.91. The average molecular weight is 247 g/mol. The molecule has 0 radical (unpaired) electrons. The lowest BCUT2D eigenvalue weighted by Crippen LogP contribution is -2.06. The number of nitrogens with zero attached hydrogens (tertiary/aromatic N) is 1. The molecule has 0 spiro atoms. The summed E-state index contributed by atoms with van der Waals surface area (Å²) in [7, 11) is 1.05. The first-order valence-corrected chi connectivity index (χ1v) is 4.26. The zero-order valence-corrected chi connectivity index (χ0v) is 8.55. The van der Waals surface area contributed by atoms with Gasteiger partial charge in [0.1, 0.15) is 0 Å². The van der Waals surface area contributed by atoms with Crippen molar-refractivity contribution in [2.24, 2.45) is 0 Å². The molecule has 0 atom stereocenters. The van der Waals surface area contributed by atoms with Crippen LogP contribution in [0.5, 0.6) is 11.5 Å². The van der Waals surface area contributed by atoms with Crippen molar-refractivity contribution in [2.75, 3.05) is 7.11 Å². The van der Waals surface area contributed by atoms with Gasteiger partial charge in [0.2, 0.25) is 5.75 Å². The number of nitro groups is 1. The minimum Gasteiger partial charge on any atom is -0.488 e. The van der Waals surface area contributed by atoms with Crippen LogP contribution < -0.4 is 9.47 Å². The second-order valence-electron chi connectivity index (χ2n) is 2.79. The van der Waals surface area contributed by atoms with E-state index in [-0.39, 0.29) is 11.8 Å².